The van der Waals surface area contributed by atoms with Crippen molar-refractivity contribution in [1.29, 1.82) is 0 Å². The molecular formula is C11H14N2O2S. The molecule has 1 fully saturated rings. The number of hydrogen-bond acceptors (Lipinski definition) is 4. The van der Waals surface area contributed by atoms with Crippen molar-refractivity contribution in [3.63, 3.8) is 0 Å². The van der Waals surface area contributed by atoms with Crippen molar-refractivity contribution >= 4 is 22.4 Å². The fourth-order valence-corrected chi connectivity index (χ4v) is 2.12. The highest BCUT2D eigenvalue weighted by Crippen LogP contribution is 2.24. The van der Waals surface area contributed by atoms with Crippen LogP contribution in [-0.4, -0.2) is 17.5 Å². The van der Waals surface area contributed by atoms with E-state index in [1.165, 1.54) is 29.8 Å². The van der Waals surface area contributed by atoms with E-state index in [0.717, 1.165) is 12.1 Å². The van der Waals surface area contributed by atoms with E-state index in [9.17, 15) is 10.1 Å². The largest absolute Gasteiger partial charge is 0.324 e. The molecule has 2 rings (SSSR count). The molecule has 1 aliphatic rings. The molecular weight excluding hydrogens is 224 g/mol. The van der Waals surface area contributed by atoms with E-state index in [2.05, 4.69) is 5.32 Å². The van der Waals surface area contributed by atoms with Crippen molar-refractivity contribution < 1.29 is 4.92 Å². The number of thiophene rings is 1. The van der Waals surface area contributed by atoms with E-state index in [4.69, 9.17) is 0 Å². The first-order valence-electron chi connectivity index (χ1n) is 5.28. The van der Waals surface area contributed by atoms with Gasteiger partial charge in [0.05, 0.1) is 4.92 Å². The Morgan fingerprint density at radius 1 is 1.75 bits per heavy atom. The molecule has 0 amide bonds. The molecule has 16 heavy (non-hydrogen) atoms. The molecule has 0 bridgehead atoms. The third-order valence-corrected chi connectivity index (χ3v) is 3.34. The minimum Gasteiger partial charge on any atom is -0.310 e. The standard InChI is InChI=1S/C11H14N2O2S/c1-8(6-12-10-2-3-10)4-9-5-11(13(14)15)16-7-9/h4-5,7,10,12H,2-3,6H2,1H3. The summed E-state index contributed by atoms with van der Waals surface area (Å²) in [4.78, 5) is 10.2. The number of nitro groups is 1. The second kappa shape index (κ2) is 4.76. The summed E-state index contributed by atoms with van der Waals surface area (Å²) in [5, 5.41) is 15.9. The Balaban J connectivity index is 1.94. The Morgan fingerprint density at radius 3 is 3.06 bits per heavy atom. The maximum absolute atomic E-state index is 10.5. The van der Waals surface area contributed by atoms with Gasteiger partial charge < -0.3 is 5.32 Å². The number of nitrogens with one attached hydrogen (secondary N) is 1. The van der Waals surface area contributed by atoms with Crippen molar-refractivity contribution in [1.82, 2.24) is 5.32 Å². The Hall–Kier alpha value is -1.20. The Morgan fingerprint density at radius 2 is 2.50 bits per heavy atom. The lowest BCUT2D eigenvalue weighted by atomic mass is 10.2. The zero-order valence-corrected chi connectivity index (χ0v) is 9.92. The zero-order chi connectivity index (χ0) is 11.5. The Bertz CT molecular complexity index is 421. The van der Waals surface area contributed by atoms with Gasteiger partial charge in [0.15, 0.2) is 0 Å². The van der Waals surface area contributed by atoms with Crippen LogP contribution >= 0.6 is 11.3 Å². The van der Waals surface area contributed by atoms with Crippen molar-refractivity contribution in [2.75, 3.05) is 6.54 Å². The first kappa shape index (κ1) is 11.3. The van der Waals surface area contributed by atoms with Gasteiger partial charge in [-0.2, -0.15) is 0 Å². The smallest absolute Gasteiger partial charge is 0.310 e. The Kier molecular flexibility index (Phi) is 3.36. The Labute approximate surface area is 98.1 Å². The molecule has 4 nitrogen and oxygen atoms in total. The first-order chi connectivity index (χ1) is 7.65. The van der Waals surface area contributed by atoms with Gasteiger partial charge in [0.2, 0.25) is 0 Å². The van der Waals surface area contributed by atoms with Crippen LogP contribution in [0.25, 0.3) is 6.08 Å². The molecule has 0 radical (unpaired) electrons. The SMILES string of the molecule is CC(=Cc1csc([N+](=O)[O-])c1)CNC1CC1. The normalized spacial score (nSPS) is 16.4. The molecule has 0 aromatic carbocycles. The number of nitrogens with zero attached hydrogens (tertiary/aromatic N) is 1. The van der Waals surface area contributed by atoms with Gasteiger partial charge in [0.25, 0.3) is 0 Å². The molecule has 1 heterocycles. The molecule has 5 heteroatoms. The first-order valence-corrected chi connectivity index (χ1v) is 6.16. The summed E-state index contributed by atoms with van der Waals surface area (Å²) < 4.78 is 0. The van der Waals surface area contributed by atoms with Crippen LogP contribution < -0.4 is 5.32 Å². The topological polar surface area (TPSA) is 55.2 Å². The minimum atomic E-state index is -0.347. The van der Waals surface area contributed by atoms with Gasteiger partial charge >= 0.3 is 5.00 Å². The summed E-state index contributed by atoms with van der Waals surface area (Å²) in [6.45, 7) is 2.91. The average molecular weight is 238 g/mol. The van der Waals surface area contributed by atoms with Gasteiger partial charge in [0, 0.05) is 24.0 Å². The van der Waals surface area contributed by atoms with E-state index in [1.54, 1.807) is 6.07 Å². The molecule has 1 saturated carbocycles. The van der Waals surface area contributed by atoms with Crippen LogP contribution in [0, 0.1) is 10.1 Å². The summed E-state index contributed by atoms with van der Waals surface area (Å²) in [7, 11) is 0. The van der Waals surface area contributed by atoms with Crippen LogP contribution in [0.1, 0.15) is 25.3 Å². The van der Waals surface area contributed by atoms with E-state index in [0.29, 0.717) is 6.04 Å². The highest BCUT2D eigenvalue weighted by atomic mass is 32.1. The predicted molar refractivity (Wildman–Crippen MR) is 65.6 cm³/mol. The molecule has 0 atom stereocenters. The number of hydrogen-bond donors (Lipinski definition) is 1. The summed E-state index contributed by atoms with van der Waals surface area (Å²) in [6.07, 6.45) is 4.55. The van der Waals surface area contributed by atoms with Gasteiger partial charge in [-0.1, -0.05) is 23.0 Å². The predicted octanol–water partition coefficient (Wildman–Crippen LogP) is 2.81. The highest BCUT2D eigenvalue weighted by Gasteiger charge is 2.19. The van der Waals surface area contributed by atoms with Crippen LogP contribution in [0.5, 0.6) is 0 Å². The van der Waals surface area contributed by atoms with Gasteiger partial charge in [-0.15, -0.1) is 0 Å². The summed E-state index contributed by atoms with van der Waals surface area (Å²) in [6, 6.07) is 2.31. The van der Waals surface area contributed by atoms with Crippen LogP contribution in [0.3, 0.4) is 0 Å². The second-order valence-corrected chi connectivity index (χ2v) is 5.01. The summed E-state index contributed by atoms with van der Waals surface area (Å²) >= 11 is 1.17. The maximum Gasteiger partial charge on any atom is 0.324 e. The quantitative estimate of drug-likeness (QED) is 0.634. The lowest BCUT2D eigenvalue weighted by Crippen LogP contribution is -2.18. The lowest BCUT2D eigenvalue weighted by molar-refractivity contribution is -0.380. The van der Waals surface area contributed by atoms with Crippen molar-refractivity contribution in [2.24, 2.45) is 0 Å². The minimum absolute atomic E-state index is 0.203. The monoisotopic (exact) mass is 238 g/mol. The maximum atomic E-state index is 10.5. The van der Waals surface area contributed by atoms with E-state index < -0.39 is 0 Å². The molecule has 86 valence electrons. The van der Waals surface area contributed by atoms with Gasteiger partial charge in [-0.25, -0.2) is 0 Å². The van der Waals surface area contributed by atoms with Gasteiger partial charge in [-0.05, 0) is 25.3 Å². The fourth-order valence-electron chi connectivity index (χ4n) is 1.44. The second-order valence-electron chi connectivity index (χ2n) is 4.12. The van der Waals surface area contributed by atoms with Crippen LogP contribution in [0.15, 0.2) is 17.0 Å². The molecule has 1 N–H and O–H groups in total. The summed E-state index contributed by atoms with van der Waals surface area (Å²) in [5.41, 5.74) is 2.13. The van der Waals surface area contributed by atoms with E-state index >= 15 is 0 Å². The third kappa shape index (κ3) is 3.15. The van der Waals surface area contributed by atoms with E-state index in [-0.39, 0.29) is 9.92 Å². The lowest BCUT2D eigenvalue weighted by Gasteiger charge is -2.01. The molecule has 0 saturated heterocycles. The third-order valence-electron chi connectivity index (χ3n) is 2.45. The zero-order valence-electron chi connectivity index (χ0n) is 9.10. The molecule has 0 spiro atoms. The fraction of sp³-hybridized carbons (Fsp3) is 0.455. The summed E-state index contributed by atoms with van der Waals surface area (Å²) in [5.74, 6) is 0. The van der Waals surface area contributed by atoms with Gasteiger partial charge in [-0.3, -0.25) is 10.1 Å². The average Bonchev–Trinajstić information content (AvgIpc) is 2.95. The van der Waals surface area contributed by atoms with Crippen LogP contribution in [0.4, 0.5) is 5.00 Å². The molecule has 1 aliphatic carbocycles. The van der Waals surface area contributed by atoms with Gasteiger partial charge in [0.1, 0.15) is 0 Å². The molecule has 1 aromatic heterocycles. The van der Waals surface area contributed by atoms with Crippen LogP contribution in [-0.2, 0) is 0 Å². The van der Waals surface area contributed by atoms with Crippen molar-refractivity contribution in [3.8, 4) is 0 Å². The molecule has 1 aromatic rings. The highest BCUT2D eigenvalue weighted by molar-refractivity contribution is 7.13. The van der Waals surface area contributed by atoms with Crippen molar-refractivity contribution in [2.45, 2.75) is 25.8 Å². The number of rotatable bonds is 5. The molecule has 0 unspecified atom stereocenters. The van der Waals surface area contributed by atoms with Crippen molar-refractivity contribution in [3.05, 3.63) is 32.7 Å². The molecule has 0 aliphatic heterocycles. The van der Waals surface area contributed by atoms with E-state index in [1.807, 2.05) is 18.4 Å². The van der Waals surface area contributed by atoms with Crippen LogP contribution in [0.2, 0.25) is 0 Å².